The number of amides is 1. The first kappa shape index (κ1) is 24.4. The van der Waals surface area contributed by atoms with Gasteiger partial charge < -0.3 is 19.2 Å². The summed E-state index contributed by atoms with van der Waals surface area (Å²) in [5, 5.41) is 11.7. The molecular weight excluding hydrogens is 478 g/mol. The smallest absolute Gasteiger partial charge is 0.290 e. The largest absolute Gasteiger partial charge is 0.503 e. The highest BCUT2D eigenvalue weighted by Gasteiger charge is 2.45. The molecule has 5 rings (SSSR count). The quantitative estimate of drug-likeness (QED) is 0.454. The van der Waals surface area contributed by atoms with Gasteiger partial charge in [0.25, 0.3) is 5.91 Å². The van der Waals surface area contributed by atoms with Crippen molar-refractivity contribution in [3.63, 3.8) is 0 Å². The maximum atomic E-state index is 13.8. The average molecular weight is 508 g/mol. The maximum Gasteiger partial charge on any atom is 0.290 e. The highest BCUT2D eigenvalue weighted by molar-refractivity contribution is 7.17. The summed E-state index contributed by atoms with van der Waals surface area (Å²) in [7, 11) is 0. The van der Waals surface area contributed by atoms with Gasteiger partial charge in [0.05, 0.1) is 29.4 Å². The SMILES string of the molecule is Cc1ccc(C2C(C(=O)c3sc(-c4ccccc4)nc3C)=C(O)C(=O)N2CCCN2CCOCC2)o1. The second-order valence-electron chi connectivity index (χ2n) is 9.05. The molecule has 9 heteroatoms. The number of benzene rings is 1. The Morgan fingerprint density at radius 1 is 1.11 bits per heavy atom. The standard InChI is InChI=1S/C27H29N3O5S/c1-17-9-10-20(35-17)22-21(23(31)25-18(2)28-26(36-25)19-7-4-3-5-8-19)24(32)27(33)30(22)12-6-11-29-13-15-34-16-14-29/h3-5,7-10,22,32H,6,11-16H2,1-2H3. The van der Waals surface area contributed by atoms with Crippen LogP contribution in [0.15, 0.2) is 58.2 Å². The van der Waals surface area contributed by atoms with Gasteiger partial charge in [0.1, 0.15) is 22.6 Å². The number of aryl methyl sites for hydroxylation is 2. The molecule has 0 spiro atoms. The molecule has 1 atom stereocenters. The Kier molecular flexibility index (Phi) is 7.04. The van der Waals surface area contributed by atoms with E-state index in [0.29, 0.717) is 53.3 Å². The summed E-state index contributed by atoms with van der Waals surface area (Å²) in [6, 6.07) is 12.4. The van der Waals surface area contributed by atoms with Crippen molar-refractivity contribution in [3.8, 4) is 10.6 Å². The molecular formula is C27H29N3O5S. The van der Waals surface area contributed by atoms with Gasteiger partial charge in [-0.25, -0.2) is 4.98 Å². The van der Waals surface area contributed by atoms with Crippen LogP contribution in [0.3, 0.4) is 0 Å². The lowest BCUT2D eigenvalue weighted by Gasteiger charge is -2.29. The zero-order chi connectivity index (χ0) is 25.2. The van der Waals surface area contributed by atoms with Crippen LogP contribution >= 0.6 is 11.3 Å². The number of ketones is 1. The molecule has 0 saturated carbocycles. The molecule has 36 heavy (non-hydrogen) atoms. The number of Topliss-reactive ketones (excluding diaryl/α,β-unsaturated/α-hetero) is 1. The fourth-order valence-corrected chi connectivity index (χ4v) is 5.76. The van der Waals surface area contributed by atoms with Crippen molar-refractivity contribution in [2.75, 3.05) is 39.4 Å². The van der Waals surface area contributed by atoms with Crippen molar-refractivity contribution in [2.24, 2.45) is 0 Å². The summed E-state index contributed by atoms with van der Waals surface area (Å²) in [4.78, 5) is 35.9. The van der Waals surface area contributed by atoms with Crippen LogP contribution in [-0.4, -0.2) is 71.0 Å². The number of hydrogen-bond donors (Lipinski definition) is 1. The third-order valence-electron chi connectivity index (χ3n) is 6.58. The molecule has 3 aromatic rings. The Morgan fingerprint density at radius 3 is 2.56 bits per heavy atom. The normalized spacial score (nSPS) is 18.9. The van der Waals surface area contributed by atoms with Gasteiger partial charge in [0.2, 0.25) is 5.78 Å². The molecule has 1 unspecified atom stereocenters. The molecule has 188 valence electrons. The number of carbonyl (C=O) groups excluding carboxylic acids is 2. The minimum atomic E-state index is -0.787. The number of thiazole rings is 1. The van der Waals surface area contributed by atoms with E-state index in [1.807, 2.05) is 37.3 Å². The van der Waals surface area contributed by atoms with Gasteiger partial charge in [-0.1, -0.05) is 30.3 Å². The predicted octanol–water partition coefficient (Wildman–Crippen LogP) is 4.32. The predicted molar refractivity (Wildman–Crippen MR) is 136 cm³/mol. The fraction of sp³-hybridized carbons (Fsp3) is 0.370. The molecule has 2 aromatic heterocycles. The number of aliphatic hydroxyl groups is 1. The molecule has 1 amide bonds. The number of morpholine rings is 1. The van der Waals surface area contributed by atoms with Crippen LogP contribution in [0.25, 0.3) is 10.6 Å². The summed E-state index contributed by atoms with van der Waals surface area (Å²) in [6.45, 7) is 7.90. The molecule has 1 aromatic carbocycles. The van der Waals surface area contributed by atoms with Crippen LogP contribution < -0.4 is 0 Å². The Balaban J connectivity index is 1.43. The van der Waals surface area contributed by atoms with Crippen molar-refractivity contribution >= 4 is 23.0 Å². The van der Waals surface area contributed by atoms with E-state index in [1.54, 1.807) is 24.0 Å². The van der Waals surface area contributed by atoms with Gasteiger partial charge in [-0.3, -0.25) is 14.5 Å². The van der Waals surface area contributed by atoms with Crippen molar-refractivity contribution in [2.45, 2.75) is 26.3 Å². The number of aromatic nitrogens is 1. The minimum Gasteiger partial charge on any atom is -0.503 e. The summed E-state index contributed by atoms with van der Waals surface area (Å²) in [5.74, 6) is -0.327. The molecule has 2 aliphatic heterocycles. The van der Waals surface area contributed by atoms with Gasteiger partial charge in [-0.2, -0.15) is 0 Å². The zero-order valence-electron chi connectivity index (χ0n) is 20.4. The van der Waals surface area contributed by atoms with E-state index in [-0.39, 0.29) is 5.57 Å². The van der Waals surface area contributed by atoms with Crippen molar-refractivity contribution in [1.82, 2.24) is 14.8 Å². The lowest BCUT2D eigenvalue weighted by molar-refractivity contribution is -0.129. The van der Waals surface area contributed by atoms with Crippen LogP contribution in [0.1, 0.15) is 39.3 Å². The Bertz CT molecular complexity index is 1290. The summed E-state index contributed by atoms with van der Waals surface area (Å²) < 4.78 is 11.3. The van der Waals surface area contributed by atoms with Crippen LogP contribution in [0.4, 0.5) is 0 Å². The average Bonchev–Trinajstić information content (AvgIpc) is 3.57. The van der Waals surface area contributed by atoms with E-state index in [9.17, 15) is 14.7 Å². The second-order valence-corrected chi connectivity index (χ2v) is 10.0. The number of carbonyl (C=O) groups is 2. The number of aliphatic hydroxyl groups excluding tert-OH is 1. The number of rotatable bonds is 8. The van der Waals surface area contributed by atoms with Crippen molar-refractivity contribution < 1.29 is 23.8 Å². The molecule has 2 aliphatic rings. The first-order valence-electron chi connectivity index (χ1n) is 12.1. The van der Waals surface area contributed by atoms with E-state index in [2.05, 4.69) is 9.88 Å². The third-order valence-corrected chi connectivity index (χ3v) is 7.78. The first-order chi connectivity index (χ1) is 17.4. The maximum absolute atomic E-state index is 13.8. The van der Waals surface area contributed by atoms with E-state index < -0.39 is 23.5 Å². The first-order valence-corrected chi connectivity index (χ1v) is 12.9. The van der Waals surface area contributed by atoms with Gasteiger partial charge in [-0.15, -0.1) is 11.3 Å². The van der Waals surface area contributed by atoms with Crippen molar-refractivity contribution in [1.29, 1.82) is 0 Å². The van der Waals surface area contributed by atoms with Gasteiger partial charge >= 0.3 is 0 Å². The molecule has 1 saturated heterocycles. The highest BCUT2D eigenvalue weighted by Crippen LogP contribution is 2.41. The highest BCUT2D eigenvalue weighted by atomic mass is 32.1. The monoisotopic (exact) mass is 507 g/mol. The van der Waals surface area contributed by atoms with Crippen LogP contribution in [0, 0.1) is 13.8 Å². The minimum absolute atomic E-state index is 0.0482. The molecule has 4 heterocycles. The van der Waals surface area contributed by atoms with Crippen molar-refractivity contribution in [3.05, 3.63) is 75.9 Å². The summed E-state index contributed by atoms with van der Waals surface area (Å²) in [6.07, 6.45) is 0.703. The Morgan fingerprint density at radius 2 is 1.86 bits per heavy atom. The fourth-order valence-electron chi connectivity index (χ4n) is 4.74. The topological polar surface area (TPSA) is 96.1 Å². The lowest BCUT2D eigenvalue weighted by atomic mass is 9.99. The van der Waals surface area contributed by atoms with E-state index in [1.165, 1.54) is 11.3 Å². The summed E-state index contributed by atoms with van der Waals surface area (Å²) in [5.41, 5.74) is 1.53. The second kappa shape index (κ2) is 10.4. The number of hydrogen-bond acceptors (Lipinski definition) is 8. The number of furan rings is 1. The zero-order valence-corrected chi connectivity index (χ0v) is 21.2. The lowest BCUT2D eigenvalue weighted by Crippen LogP contribution is -2.39. The molecule has 0 radical (unpaired) electrons. The molecule has 0 bridgehead atoms. The molecule has 1 fully saturated rings. The Hall–Kier alpha value is -3.27. The molecule has 0 aliphatic carbocycles. The molecule has 8 nitrogen and oxygen atoms in total. The van der Waals surface area contributed by atoms with Crippen LogP contribution in [0.5, 0.6) is 0 Å². The van der Waals surface area contributed by atoms with E-state index >= 15 is 0 Å². The van der Waals surface area contributed by atoms with Gasteiger partial charge in [-0.05, 0) is 32.4 Å². The van der Waals surface area contributed by atoms with Gasteiger partial charge in [0.15, 0.2) is 5.76 Å². The summed E-state index contributed by atoms with van der Waals surface area (Å²) >= 11 is 1.27. The number of ether oxygens (including phenoxy) is 1. The molecule has 1 N–H and O–H groups in total. The van der Waals surface area contributed by atoms with E-state index in [0.717, 1.165) is 25.2 Å². The van der Waals surface area contributed by atoms with Gasteiger partial charge in [0, 0.05) is 31.7 Å². The number of nitrogens with zero attached hydrogens (tertiary/aromatic N) is 3. The van der Waals surface area contributed by atoms with Crippen LogP contribution in [0.2, 0.25) is 0 Å². The third kappa shape index (κ3) is 4.74. The van der Waals surface area contributed by atoms with E-state index in [4.69, 9.17) is 9.15 Å². The Labute approximate surface area is 213 Å². The van der Waals surface area contributed by atoms with Crippen LogP contribution in [-0.2, 0) is 9.53 Å².